The van der Waals surface area contributed by atoms with Gasteiger partial charge < -0.3 is 15.0 Å². The number of anilines is 2. The number of ether oxygens (including phenoxy) is 1. The zero-order chi connectivity index (χ0) is 19.7. The Kier molecular flexibility index (Phi) is 4.86. The molecule has 1 saturated carbocycles. The van der Waals surface area contributed by atoms with Crippen LogP contribution in [-0.2, 0) is 20.7 Å². The molecule has 2 aromatic carbocycles. The maximum atomic E-state index is 13.0. The van der Waals surface area contributed by atoms with Crippen LogP contribution in [0.2, 0.25) is 0 Å². The van der Waals surface area contributed by atoms with Gasteiger partial charge in [-0.15, -0.1) is 0 Å². The number of para-hydroxylation sites is 2. The van der Waals surface area contributed by atoms with Crippen LogP contribution in [0.1, 0.15) is 28.8 Å². The van der Waals surface area contributed by atoms with E-state index in [0.717, 1.165) is 18.5 Å². The van der Waals surface area contributed by atoms with Crippen LogP contribution in [0.5, 0.6) is 0 Å². The summed E-state index contributed by atoms with van der Waals surface area (Å²) in [6, 6.07) is 14.6. The molecule has 4 rings (SSSR count). The van der Waals surface area contributed by atoms with E-state index in [2.05, 4.69) is 11.4 Å². The first-order valence-corrected chi connectivity index (χ1v) is 9.47. The second kappa shape index (κ2) is 7.46. The minimum atomic E-state index is -0.510. The van der Waals surface area contributed by atoms with Crippen LogP contribution < -0.4 is 10.2 Å². The number of benzene rings is 2. The molecular formula is C22H22N2O4. The van der Waals surface area contributed by atoms with E-state index in [1.165, 1.54) is 12.7 Å². The highest BCUT2D eigenvalue weighted by Gasteiger charge is 2.50. The predicted molar refractivity (Wildman–Crippen MR) is 105 cm³/mol. The lowest BCUT2D eigenvalue weighted by Gasteiger charge is -2.29. The SMILES string of the molecule is COC(=O)c1ccccc1NC(=O)C1CC1C(=O)N1CCCc2ccccc21. The zero-order valence-electron chi connectivity index (χ0n) is 15.7. The van der Waals surface area contributed by atoms with Crippen molar-refractivity contribution in [3.05, 3.63) is 59.7 Å². The second-order valence-corrected chi connectivity index (χ2v) is 7.20. The molecule has 1 heterocycles. The lowest BCUT2D eigenvalue weighted by Crippen LogP contribution is -2.37. The Bertz CT molecular complexity index is 940. The van der Waals surface area contributed by atoms with Crippen molar-refractivity contribution in [1.29, 1.82) is 0 Å². The minimum absolute atomic E-state index is 0.00792. The summed E-state index contributed by atoms with van der Waals surface area (Å²) >= 11 is 0. The third-order valence-electron chi connectivity index (χ3n) is 5.41. The van der Waals surface area contributed by atoms with Gasteiger partial charge in [0.05, 0.1) is 30.2 Å². The Morgan fingerprint density at radius 2 is 1.79 bits per heavy atom. The molecule has 2 atom stereocenters. The Morgan fingerprint density at radius 1 is 1.04 bits per heavy atom. The van der Waals surface area contributed by atoms with Crippen LogP contribution in [0.3, 0.4) is 0 Å². The summed E-state index contributed by atoms with van der Waals surface area (Å²) in [6.45, 7) is 0.686. The molecule has 1 N–H and O–H groups in total. The molecule has 28 heavy (non-hydrogen) atoms. The Hall–Kier alpha value is -3.15. The summed E-state index contributed by atoms with van der Waals surface area (Å²) < 4.78 is 4.76. The van der Waals surface area contributed by atoms with E-state index in [1.807, 2.05) is 23.1 Å². The lowest BCUT2D eigenvalue weighted by molar-refractivity contribution is -0.123. The van der Waals surface area contributed by atoms with Crippen LogP contribution in [0.15, 0.2) is 48.5 Å². The number of amides is 2. The van der Waals surface area contributed by atoms with E-state index < -0.39 is 5.97 Å². The van der Waals surface area contributed by atoms with Gasteiger partial charge in [0.1, 0.15) is 0 Å². The van der Waals surface area contributed by atoms with Gasteiger partial charge in [0.2, 0.25) is 11.8 Å². The van der Waals surface area contributed by atoms with Gasteiger partial charge in [-0.25, -0.2) is 4.79 Å². The molecule has 0 bridgehead atoms. The monoisotopic (exact) mass is 378 g/mol. The van der Waals surface area contributed by atoms with Gasteiger partial charge in [-0.1, -0.05) is 30.3 Å². The number of nitrogens with one attached hydrogen (secondary N) is 1. The van der Waals surface area contributed by atoms with E-state index in [9.17, 15) is 14.4 Å². The molecular weight excluding hydrogens is 356 g/mol. The number of carbonyl (C=O) groups excluding carboxylic acids is 3. The van der Waals surface area contributed by atoms with E-state index in [4.69, 9.17) is 4.74 Å². The fraction of sp³-hybridized carbons (Fsp3) is 0.318. The normalized spacial score (nSPS) is 20.1. The maximum absolute atomic E-state index is 13.0. The van der Waals surface area contributed by atoms with Crippen LogP contribution in [0, 0.1) is 11.8 Å². The molecule has 1 aliphatic heterocycles. The smallest absolute Gasteiger partial charge is 0.339 e. The number of methoxy groups -OCH3 is 1. The average Bonchev–Trinajstić information content (AvgIpc) is 3.54. The molecule has 1 aliphatic carbocycles. The summed E-state index contributed by atoms with van der Waals surface area (Å²) in [7, 11) is 1.30. The van der Waals surface area contributed by atoms with Crippen molar-refractivity contribution in [1.82, 2.24) is 0 Å². The summed E-state index contributed by atoms with van der Waals surface area (Å²) in [4.78, 5) is 39.3. The number of aryl methyl sites for hydroxylation is 1. The molecule has 144 valence electrons. The van der Waals surface area contributed by atoms with Gasteiger partial charge in [-0.05, 0) is 43.0 Å². The largest absolute Gasteiger partial charge is 0.465 e. The standard InChI is InChI=1S/C22H22N2O4/c1-28-22(27)15-9-3-4-10-18(15)23-20(25)16-13-17(16)21(26)24-12-6-8-14-7-2-5-11-19(14)24/h2-5,7,9-11,16-17H,6,8,12-13H2,1H3,(H,23,25). The van der Waals surface area contributed by atoms with Crippen molar-refractivity contribution in [2.45, 2.75) is 19.3 Å². The van der Waals surface area contributed by atoms with Gasteiger partial charge in [0.25, 0.3) is 0 Å². The highest BCUT2D eigenvalue weighted by molar-refractivity contribution is 6.07. The van der Waals surface area contributed by atoms with E-state index in [0.29, 0.717) is 24.2 Å². The molecule has 0 radical (unpaired) electrons. The van der Waals surface area contributed by atoms with Crippen molar-refractivity contribution in [2.24, 2.45) is 11.8 Å². The second-order valence-electron chi connectivity index (χ2n) is 7.20. The quantitative estimate of drug-likeness (QED) is 0.830. The van der Waals surface area contributed by atoms with E-state index >= 15 is 0 Å². The number of rotatable bonds is 4. The molecule has 0 saturated heterocycles. The molecule has 1 fully saturated rings. The first-order valence-electron chi connectivity index (χ1n) is 9.47. The first-order chi connectivity index (χ1) is 13.6. The summed E-state index contributed by atoms with van der Waals surface area (Å²) in [5.74, 6) is -1.42. The molecule has 2 amide bonds. The summed E-state index contributed by atoms with van der Waals surface area (Å²) in [5, 5.41) is 2.78. The lowest BCUT2D eigenvalue weighted by atomic mass is 10.0. The van der Waals surface area contributed by atoms with Crippen molar-refractivity contribution < 1.29 is 19.1 Å². The topological polar surface area (TPSA) is 75.7 Å². The van der Waals surface area contributed by atoms with Gasteiger partial charge in [0.15, 0.2) is 0 Å². The van der Waals surface area contributed by atoms with Gasteiger partial charge in [-0.2, -0.15) is 0 Å². The molecule has 0 aromatic heterocycles. The third-order valence-corrected chi connectivity index (χ3v) is 5.41. The molecule has 2 unspecified atom stereocenters. The molecule has 2 aliphatic rings. The number of carbonyl (C=O) groups is 3. The Balaban J connectivity index is 1.45. The van der Waals surface area contributed by atoms with Crippen LogP contribution >= 0.6 is 0 Å². The summed E-state index contributed by atoms with van der Waals surface area (Å²) in [5.41, 5.74) is 2.84. The molecule has 6 heteroatoms. The van der Waals surface area contributed by atoms with Crippen LogP contribution in [0.25, 0.3) is 0 Å². The summed E-state index contributed by atoms with van der Waals surface area (Å²) in [6.07, 6.45) is 2.43. The highest BCUT2D eigenvalue weighted by atomic mass is 16.5. The Morgan fingerprint density at radius 3 is 2.61 bits per heavy atom. The van der Waals surface area contributed by atoms with Crippen LogP contribution in [0.4, 0.5) is 11.4 Å². The van der Waals surface area contributed by atoms with Gasteiger partial charge in [0, 0.05) is 12.2 Å². The minimum Gasteiger partial charge on any atom is -0.465 e. The highest BCUT2D eigenvalue weighted by Crippen LogP contribution is 2.42. The van der Waals surface area contributed by atoms with Gasteiger partial charge in [-0.3, -0.25) is 9.59 Å². The number of nitrogens with zero attached hydrogens (tertiary/aromatic N) is 1. The van der Waals surface area contributed by atoms with Gasteiger partial charge >= 0.3 is 5.97 Å². The molecule has 0 spiro atoms. The number of esters is 1. The number of fused-ring (bicyclic) bond motifs is 1. The predicted octanol–water partition coefficient (Wildman–Crippen LogP) is 3.03. The average molecular weight is 378 g/mol. The number of hydrogen-bond acceptors (Lipinski definition) is 4. The van der Waals surface area contributed by atoms with Crippen molar-refractivity contribution in [3.63, 3.8) is 0 Å². The van der Waals surface area contributed by atoms with Crippen molar-refractivity contribution in [3.8, 4) is 0 Å². The van der Waals surface area contributed by atoms with E-state index in [-0.39, 0.29) is 23.7 Å². The maximum Gasteiger partial charge on any atom is 0.339 e. The third kappa shape index (κ3) is 3.38. The fourth-order valence-corrected chi connectivity index (χ4v) is 3.83. The first kappa shape index (κ1) is 18.2. The van der Waals surface area contributed by atoms with E-state index in [1.54, 1.807) is 24.3 Å². The van der Waals surface area contributed by atoms with Crippen molar-refractivity contribution >= 4 is 29.2 Å². The zero-order valence-corrected chi connectivity index (χ0v) is 15.7. The van der Waals surface area contributed by atoms with Crippen LogP contribution in [-0.4, -0.2) is 31.4 Å². The Labute approximate surface area is 163 Å². The number of hydrogen-bond donors (Lipinski definition) is 1. The molecule has 2 aromatic rings. The van der Waals surface area contributed by atoms with Crippen molar-refractivity contribution in [2.75, 3.05) is 23.9 Å². The fourth-order valence-electron chi connectivity index (χ4n) is 3.83. The molecule has 6 nitrogen and oxygen atoms in total.